The molecule has 0 heterocycles. The van der Waals surface area contributed by atoms with Gasteiger partial charge >= 0.3 is 10.3 Å². The molecule has 0 saturated carbocycles. The van der Waals surface area contributed by atoms with Gasteiger partial charge in [-0.1, -0.05) is 37.1 Å². The Hall–Kier alpha value is -0.170. The lowest BCUT2D eigenvalue weighted by molar-refractivity contribution is -0.00787. The first-order valence-corrected chi connectivity index (χ1v) is 5.82. The molecule has 13 heavy (non-hydrogen) atoms. The molecule has 0 aromatic heterocycles. The lowest BCUT2D eigenvalue weighted by Crippen LogP contribution is -2.27. The van der Waals surface area contributed by atoms with E-state index in [1.807, 2.05) is 0 Å². The third-order valence-corrected chi connectivity index (χ3v) is 2.43. The topological polar surface area (TPSA) is 77.8 Å². The van der Waals surface area contributed by atoms with E-state index in [2.05, 4.69) is 6.92 Å². The minimum atomic E-state index is -4.41. The fourth-order valence-corrected chi connectivity index (χ4v) is 1.33. The summed E-state index contributed by atoms with van der Waals surface area (Å²) in [7, 11) is -4.41. The fraction of sp³-hybridized carbons (Fsp3) is 1.00. The Morgan fingerprint density at radius 3 is 2.15 bits per heavy atom. The highest BCUT2D eigenvalue weighted by Gasteiger charge is 2.14. The van der Waals surface area contributed by atoms with E-state index in [9.17, 15) is 8.42 Å². The number of nitrogens with zero attached hydrogens (tertiary/aromatic N) is 1. The van der Waals surface area contributed by atoms with Crippen molar-refractivity contribution in [1.82, 2.24) is 4.47 Å². The van der Waals surface area contributed by atoms with Crippen molar-refractivity contribution < 1.29 is 18.2 Å². The minimum absolute atomic E-state index is 0.0288. The van der Waals surface area contributed by atoms with Gasteiger partial charge in [-0.25, -0.2) is 0 Å². The molecule has 0 saturated heterocycles. The van der Waals surface area contributed by atoms with Crippen LogP contribution in [-0.2, 0) is 10.3 Å². The second-order valence-electron chi connectivity index (χ2n) is 2.94. The predicted molar refractivity (Wildman–Crippen MR) is 48.8 cm³/mol. The number of hydrogen-bond acceptors (Lipinski definition) is 3. The highest BCUT2D eigenvalue weighted by atomic mass is 32.2. The largest absolute Gasteiger partial charge is 0.358 e. The van der Waals surface area contributed by atoms with Crippen molar-refractivity contribution in [2.75, 3.05) is 6.54 Å². The molecule has 0 spiro atoms. The second kappa shape index (κ2) is 6.31. The van der Waals surface area contributed by atoms with Crippen LogP contribution in [0.1, 0.15) is 39.0 Å². The molecule has 0 aliphatic heterocycles. The van der Waals surface area contributed by atoms with Crippen LogP contribution < -0.4 is 0 Å². The maximum absolute atomic E-state index is 10.3. The molecule has 5 nitrogen and oxygen atoms in total. The summed E-state index contributed by atoms with van der Waals surface area (Å²) in [6.07, 6.45) is 4.67. The molecular weight excluding hydrogens is 194 g/mol. The summed E-state index contributed by atoms with van der Waals surface area (Å²) in [6, 6.07) is 0. The third-order valence-electron chi connectivity index (χ3n) is 1.72. The van der Waals surface area contributed by atoms with E-state index in [4.69, 9.17) is 9.76 Å². The molecule has 0 aliphatic carbocycles. The van der Waals surface area contributed by atoms with Crippen LogP contribution >= 0.6 is 0 Å². The van der Waals surface area contributed by atoms with Gasteiger partial charge in [-0.05, 0) is 6.42 Å². The Balaban J connectivity index is 3.44. The van der Waals surface area contributed by atoms with E-state index in [0.717, 1.165) is 25.7 Å². The van der Waals surface area contributed by atoms with Gasteiger partial charge in [-0.15, -0.1) is 0 Å². The summed E-state index contributed by atoms with van der Waals surface area (Å²) in [5.41, 5.74) is 0. The van der Waals surface area contributed by atoms with E-state index >= 15 is 0 Å². The molecule has 0 amide bonds. The molecule has 6 heteroatoms. The smallest absolute Gasteiger partial charge is 0.298 e. The molecule has 0 rings (SSSR count). The summed E-state index contributed by atoms with van der Waals surface area (Å²) in [5.74, 6) is 0. The van der Waals surface area contributed by atoms with Crippen LogP contribution in [0.5, 0.6) is 0 Å². The number of unbranched alkanes of at least 4 members (excludes halogenated alkanes) is 4. The lowest BCUT2D eigenvalue weighted by Gasteiger charge is -2.09. The zero-order valence-corrected chi connectivity index (χ0v) is 8.63. The van der Waals surface area contributed by atoms with E-state index in [1.54, 1.807) is 0 Å². The molecule has 0 aliphatic rings. The zero-order chi connectivity index (χ0) is 10.3. The van der Waals surface area contributed by atoms with Gasteiger partial charge in [-0.2, -0.15) is 8.42 Å². The Bertz CT molecular complexity index is 215. The zero-order valence-electron chi connectivity index (χ0n) is 7.81. The molecule has 0 bridgehead atoms. The quantitative estimate of drug-likeness (QED) is 0.379. The average molecular weight is 211 g/mol. The molecule has 0 atom stereocenters. The van der Waals surface area contributed by atoms with Crippen LogP contribution in [0.4, 0.5) is 0 Å². The maximum Gasteiger partial charge on any atom is 0.358 e. The average Bonchev–Trinajstić information content (AvgIpc) is 2.02. The number of hydroxylamine groups is 1. The Morgan fingerprint density at radius 1 is 1.15 bits per heavy atom. The Kier molecular flexibility index (Phi) is 6.23. The van der Waals surface area contributed by atoms with Crippen LogP contribution in [-0.4, -0.2) is 29.2 Å². The van der Waals surface area contributed by atoms with Gasteiger partial charge in [0.05, 0.1) is 0 Å². The minimum Gasteiger partial charge on any atom is -0.298 e. The Morgan fingerprint density at radius 2 is 1.69 bits per heavy atom. The summed E-state index contributed by atoms with van der Waals surface area (Å²) >= 11 is 0. The number of rotatable bonds is 7. The van der Waals surface area contributed by atoms with E-state index in [-0.39, 0.29) is 11.0 Å². The van der Waals surface area contributed by atoms with Crippen LogP contribution in [0.15, 0.2) is 0 Å². The van der Waals surface area contributed by atoms with Gasteiger partial charge in [0, 0.05) is 6.54 Å². The van der Waals surface area contributed by atoms with Gasteiger partial charge in [-0.3, -0.25) is 9.76 Å². The number of hydrogen-bond donors (Lipinski definition) is 2. The highest BCUT2D eigenvalue weighted by molar-refractivity contribution is 7.83. The summed E-state index contributed by atoms with van der Waals surface area (Å²) in [6.45, 7) is 2.04. The van der Waals surface area contributed by atoms with Gasteiger partial charge in [0.1, 0.15) is 0 Å². The molecule has 0 aromatic rings. The van der Waals surface area contributed by atoms with E-state index in [0.29, 0.717) is 6.42 Å². The Labute approximate surface area is 79.2 Å². The SMILES string of the molecule is CCCCCCCN(O)S(=O)(=O)O. The van der Waals surface area contributed by atoms with Crippen molar-refractivity contribution in [3.05, 3.63) is 0 Å². The maximum atomic E-state index is 10.3. The normalized spacial score (nSPS) is 12.3. The van der Waals surface area contributed by atoms with Crippen LogP contribution in [0.2, 0.25) is 0 Å². The van der Waals surface area contributed by atoms with E-state index in [1.165, 1.54) is 0 Å². The highest BCUT2D eigenvalue weighted by Crippen LogP contribution is 2.04. The van der Waals surface area contributed by atoms with Gasteiger partial charge in [0.15, 0.2) is 0 Å². The summed E-state index contributed by atoms with van der Waals surface area (Å²) < 4.78 is 28.9. The van der Waals surface area contributed by atoms with Crippen molar-refractivity contribution in [2.45, 2.75) is 39.0 Å². The summed E-state index contributed by atoms with van der Waals surface area (Å²) in [4.78, 5) is 0. The van der Waals surface area contributed by atoms with Crippen molar-refractivity contribution >= 4 is 10.3 Å². The van der Waals surface area contributed by atoms with Gasteiger partial charge in [0.25, 0.3) is 0 Å². The monoisotopic (exact) mass is 211 g/mol. The van der Waals surface area contributed by atoms with Crippen molar-refractivity contribution in [1.29, 1.82) is 0 Å². The standard InChI is InChI=1S/C7H17NO4S/c1-2-3-4-5-6-7-8(9)13(10,11)12/h9H,2-7H2,1H3,(H,10,11,12). The lowest BCUT2D eigenvalue weighted by atomic mass is 10.2. The molecule has 0 aromatic carbocycles. The third kappa shape index (κ3) is 6.94. The molecule has 0 fully saturated rings. The predicted octanol–water partition coefficient (Wildman–Crippen LogP) is 1.45. The first-order valence-electron chi connectivity index (χ1n) is 4.42. The van der Waals surface area contributed by atoms with Crippen LogP contribution in [0.25, 0.3) is 0 Å². The first kappa shape index (κ1) is 12.8. The van der Waals surface area contributed by atoms with Gasteiger partial charge < -0.3 is 0 Å². The second-order valence-corrected chi connectivity index (χ2v) is 4.25. The molecule has 0 unspecified atom stereocenters. The van der Waals surface area contributed by atoms with Crippen molar-refractivity contribution in [3.63, 3.8) is 0 Å². The van der Waals surface area contributed by atoms with E-state index < -0.39 is 10.3 Å². The first-order chi connectivity index (χ1) is 5.98. The van der Waals surface area contributed by atoms with Crippen molar-refractivity contribution in [2.24, 2.45) is 0 Å². The fourth-order valence-electron chi connectivity index (χ4n) is 0.966. The van der Waals surface area contributed by atoms with Crippen molar-refractivity contribution in [3.8, 4) is 0 Å². The van der Waals surface area contributed by atoms with Gasteiger partial charge in [0.2, 0.25) is 0 Å². The summed E-state index contributed by atoms with van der Waals surface area (Å²) in [5, 5.41) is 8.74. The molecule has 0 radical (unpaired) electrons. The molecule has 80 valence electrons. The van der Waals surface area contributed by atoms with Crippen LogP contribution in [0.3, 0.4) is 0 Å². The van der Waals surface area contributed by atoms with Crippen LogP contribution in [0, 0.1) is 0 Å². The molecular formula is C7H17NO4S. The molecule has 2 N–H and O–H groups in total.